The monoisotopic (exact) mass is 332 g/mol. The van der Waals surface area contributed by atoms with E-state index >= 15 is 0 Å². The van der Waals surface area contributed by atoms with Crippen molar-refractivity contribution in [2.75, 3.05) is 10.6 Å². The van der Waals surface area contributed by atoms with Gasteiger partial charge in [0.2, 0.25) is 11.8 Å². The van der Waals surface area contributed by atoms with E-state index in [1.165, 1.54) is 13.8 Å². The molecule has 0 aliphatic heterocycles. The fourth-order valence-corrected chi connectivity index (χ4v) is 1.94. The first-order valence-corrected chi connectivity index (χ1v) is 7.78. The largest absolute Gasteiger partial charge is 0.325 e. The number of Topliss-reactive ketones (excluding diaryl/α,β-unsaturated/α-hetero) is 2. The van der Waals surface area contributed by atoms with Crippen molar-refractivity contribution in [1.29, 1.82) is 0 Å². The maximum Gasteiger partial charge on any atom is 0.234 e. The smallest absolute Gasteiger partial charge is 0.234 e. The van der Waals surface area contributed by atoms with Crippen molar-refractivity contribution >= 4 is 34.8 Å². The second-order valence-corrected chi connectivity index (χ2v) is 6.13. The molecule has 2 N–H and O–H groups in total. The molecule has 6 nitrogen and oxygen atoms in total. The molecule has 0 radical (unpaired) electrons. The Hall–Kier alpha value is -2.50. The molecule has 0 saturated heterocycles. The van der Waals surface area contributed by atoms with Gasteiger partial charge in [0.25, 0.3) is 0 Å². The van der Waals surface area contributed by atoms with E-state index in [0.29, 0.717) is 11.4 Å². The van der Waals surface area contributed by atoms with E-state index in [9.17, 15) is 19.2 Å². The summed E-state index contributed by atoms with van der Waals surface area (Å²) in [6.45, 7) is 9.43. The third kappa shape index (κ3) is 4.75. The van der Waals surface area contributed by atoms with Crippen LogP contribution in [0.2, 0.25) is 0 Å². The van der Waals surface area contributed by atoms with Crippen molar-refractivity contribution in [2.45, 2.75) is 41.5 Å². The van der Waals surface area contributed by atoms with Crippen molar-refractivity contribution in [3.63, 3.8) is 0 Å². The Morgan fingerprint density at radius 2 is 1.04 bits per heavy atom. The van der Waals surface area contributed by atoms with Gasteiger partial charge in [-0.3, -0.25) is 19.2 Å². The van der Waals surface area contributed by atoms with Crippen LogP contribution in [0.4, 0.5) is 11.4 Å². The molecular weight excluding hydrogens is 308 g/mol. The molecule has 24 heavy (non-hydrogen) atoms. The zero-order chi connectivity index (χ0) is 18.6. The summed E-state index contributed by atoms with van der Waals surface area (Å²) < 4.78 is 0. The Morgan fingerprint density at radius 3 is 1.29 bits per heavy atom. The van der Waals surface area contributed by atoms with Gasteiger partial charge >= 0.3 is 0 Å². The first-order valence-electron chi connectivity index (χ1n) is 7.78. The zero-order valence-electron chi connectivity index (χ0n) is 14.9. The average Bonchev–Trinajstić information content (AvgIpc) is 2.49. The van der Waals surface area contributed by atoms with E-state index in [1.54, 1.807) is 39.8 Å². The molecule has 0 spiro atoms. The highest BCUT2D eigenvalue weighted by atomic mass is 16.2. The number of carbonyl (C=O) groups is 4. The Bertz CT molecular complexity index is 635. The molecule has 0 bridgehead atoms. The predicted molar refractivity (Wildman–Crippen MR) is 92.9 cm³/mol. The minimum atomic E-state index is -0.722. The topological polar surface area (TPSA) is 92.3 Å². The number of nitrogens with one attached hydrogen (secondary N) is 2. The molecule has 0 heterocycles. The Balaban J connectivity index is 2.98. The highest BCUT2D eigenvalue weighted by Gasteiger charge is 2.20. The third-order valence-corrected chi connectivity index (χ3v) is 4.09. The minimum Gasteiger partial charge on any atom is -0.325 e. The highest BCUT2D eigenvalue weighted by molar-refractivity contribution is 6.07. The van der Waals surface area contributed by atoms with Gasteiger partial charge in [-0.25, -0.2) is 0 Å². The molecule has 1 aromatic carbocycles. The number of aryl methyl sites for hydroxylation is 2. The van der Waals surface area contributed by atoms with Crippen LogP contribution in [-0.4, -0.2) is 23.4 Å². The van der Waals surface area contributed by atoms with E-state index in [4.69, 9.17) is 0 Å². The number of rotatable bonds is 6. The molecule has 1 aromatic rings. The van der Waals surface area contributed by atoms with Gasteiger partial charge in [0.1, 0.15) is 11.6 Å². The molecule has 0 saturated carbocycles. The normalized spacial score (nSPS) is 12.9. The zero-order valence-corrected chi connectivity index (χ0v) is 14.9. The molecular formula is C18H24N2O4. The quantitative estimate of drug-likeness (QED) is 0.783. The van der Waals surface area contributed by atoms with Crippen LogP contribution in [0.15, 0.2) is 12.1 Å². The van der Waals surface area contributed by atoms with E-state index in [2.05, 4.69) is 10.6 Å². The van der Waals surface area contributed by atoms with Crippen LogP contribution in [0.5, 0.6) is 0 Å². The van der Waals surface area contributed by atoms with Crippen LogP contribution >= 0.6 is 0 Å². The van der Waals surface area contributed by atoms with E-state index < -0.39 is 11.8 Å². The summed E-state index contributed by atoms with van der Waals surface area (Å²) in [6, 6.07) is 3.46. The molecule has 0 aromatic heterocycles. The summed E-state index contributed by atoms with van der Waals surface area (Å²) in [5.74, 6) is -2.59. The summed E-state index contributed by atoms with van der Waals surface area (Å²) in [5.41, 5.74) is 2.66. The summed E-state index contributed by atoms with van der Waals surface area (Å²) >= 11 is 0. The van der Waals surface area contributed by atoms with Gasteiger partial charge in [0.15, 0.2) is 0 Å². The number of hydrogen-bond donors (Lipinski definition) is 2. The maximum atomic E-state index is 12.0. The maximum absolute atomic E-state index is 12.0. The third-order valence-electron chi connectivity index (χ3n) is 4.09. The first kappa shape index (κ1) is 19.5. The lowest BCUT2D eigenvalue weighted by Gasteiger charge is -2.16. The Morgan fingerprint density at radius 1 is 0.750 bits per heavy atom. The lowest BCUT2D eigenvalue weighted by Crippen LogP contribution is -2.27. The molecule has 2 amide bonds. The molecule has 2 atom stereocenters. The molecule has 6 heteroatoms. The molecule has 0 aliphatic carbocycles. The van der Waals surface area contributed by atoms with Crippen LogP contribution in [0.3, 0.4) is 0 Å². The lowest BCUT2D eigenvalue weighted by molar-refractivity contribution is -0.130. The Kier molecular flexibility index (Phi) is 6.40. The second-order valence-electron chi connectivity index (χ2n) is 6.13. The average molecular weight is 332 g/mol. The minimum absolute atomic E-state index is 0.205. The number of anilines is 2. The fourth-order valence-electron chi connectivity index (χ4n) is 1.94. The van der Waals surface area contributed by atoms with Crippen LogP contribution in [0, 0.1) is 25.7 Å². The van der Waals surface area contributed by atoms with Gasteiger partial charge in [-0.05, 0) is 64.8 Å². The molecule has 0 aliphatic rings. The molecule has 0 fully saturated rings. The number of benzene rings is 1. The first-order chi connectivity index (χ1) is 11.0. The fraction of sp³-hybridized carbons (Fsp3) is 0.444. The van der Waals surface area contributed by atoms with Crippen molar-refractivity contribution in [3.8, 4) is 0 Å². The van der Waals surface area contributed by atoms with Crippen molar-refractivity contribution in [1.82, 2.24) is 0 Å². The van der Waals surface area contributed by atoms with Crippen LogP contribution in [0.1, 0.15) is 38.8 Å². The van der Waals surface area contributed by atoms with Gasteiger partial charge < -0.3 is 10.6 Å². The van der Waals surface area contributed by atoms with Crippen LogP contribution < -0.4 is 10.6 Å². The number of ketones is 2. The molecule has 2 unspecified atom stereocenters. The summed E-state index contributed by atoms with van der Waals surface area (Å²) in [6.07, 6.45) is 0. The summed E-state index contributed by atoms with van der Waals surface area (Å²) in [7, 11) is 0. The van der Waals surface area contributed by atoms with Crippen molar-refractivity contribution in [3.05, 3.63) is 23.3 Å². The Labute approximate surface area is 142 Å². The standard InChI is InChI=1S/C18H24N2O4/c1-9-7-16(20-18(24)12(4)14(6)22)10(2)8-15(9)19-17(23)11(3)13(5)21/h7-8,11-12H,1-6H3,(H,19,23)(H,20,24). The highest BCUT2D eigenvalue weighted by Crippen LogP contribution is 2.25. The second kappa shape index (κ2) is 7.86. The number of amides is 2. The van der Waals surface area contributed by atoms with Gasteiger partial charge in [-0.15, -0.1) is 0 Å². The summed E-state index contributed by atoms with van der Waals surface area (Å²) in [4.78, 5) is 46.6. The van der Waals surface area contributed by atoms with Crippen LogP contribution in [-0.2, 0) is 19.2 Å². The molecule has 1 rings (SSSR count). The van der Waals surface area contributed by atoms with E-state index in [0.717, 1.165) is 11.1 Å². The lowest BCUT2D eigenvalue weighted by atomic mass is 10.0. The van der Waals surface area contributed by atoms with Crippen LogP contribution in [0.25, 0.3) is 0 Å². The summed E-state index contributed by atoms with van der Waals surface area (Å²) in [5, 5.41) is 5.45. The number of carbonyl (C=O) groups excluding carboxylic acids is 4. The van der Waals surface area contributed by atoms with Crippen molar-refractivity contribution < 1.29 is 19.2 Å². The molecule has 130 valence electrons. The van der Waals surface area contributed by atoms with Crippen molar-refractivity contribution in [2.24, 2.45) is 11.8 Å². The van der Waals surface area contributed by atoms with E-state index in [-0.39, 0.29) is 23.4 Å². The van der Waals surface area contributed by atoms with Gasteiger partial charge in [0, 0.05) is 11.4 Å². The van der Waals surface area contributed by atoms with Gasteiger partial charge in [-0.2, -0.15) is 0 Å². The van der Waals surface area contributed by atoms with Gasteiger partial charge in [-0.1, -0.05) is 0 Å². The van der Waals surface area contributed by atoms with Gasteiger partial charge in [0.05, 0.1) is 11.8 Å². The SMILES string of the molecule is CC(=O)C(C)C(=O)Nc1cc(C)c(NC(=O)C(C)C(C)=O)cc1C. The number of hydrogen-bond acceptors (Lipinski definition) is 4. The predicted octanol–water partition coefficient (Wildman–Crippen LogP) is 2.63. The van der Waals surface area contributed by atoms with E-state index in [1.807, 2.05) is 0 Å².